The summed E-state index contributed by atoms with van der Waals surface area (Å²) >= 11 is 0. The Morgan fingerprint density at radius 1 is 1.14 bits per heavy atom. The van der Waals surface area contributed by atoms with E-state index in [0.717, 1.165) is 16.8 Å². The number of benzene rings is 2. The van der Waals surface area contributed by atoms with Gasteiger partial charge in [-0.15, -0.1) is 0 Å². The number of ether oxygens (including phenoxy) is 1. The fourth-order valence-electron chi connectivity index (χ4n) is 2.53. The highest BCUT2D eigenvalue weighted by molar-refractivity contribution is 5.90. The van der Waals surface area contributed by atoms with Crippen LogP contribution in [0.2, 0.25) is 0 Å². The van der Waals surface area contributed by atoms with Gasteiger partial charge < -0.3 is 10.5 Å². The average Bonchev–Trinajstić information content (AvgIpc) is 2.74. The molecule has 3 rings (SSSR count). The molecule has 0 saturated carbocycles. The Hall–Kier alpha value is -2.69. The number of rotatable bonds is 3. The van der Waals surface area contributed by atoms with Crippen LogP contribution in [0.5, 0.6) is 5.75 Å². The Balaban J connectivity index is 2.10. The molecule has 1 heterocycles. The molecule has 0 aliphatic carbocycles. The first-order valence-corrected chi connectivity index (χ1v) is 6.68. The zero-order valence-electron chi connectivity index (χ0n) is 12.0. The van der Waals surface area contributed by atoms with Crippen LogP contribution in [0.3, 0.4) is 0 Å². The maximum atomic E-state index is 12.3. The van der Waals surface area contributed by atoms with Gasteiger partial charge in [0.25, 0.3) is 5.56 Å². The van der Waals surface area contributed by atoms with Crippen molar-refractivity contribution in [1.82, 2.24) is 9.36 Å². The minimum Gasteiger partial charge on any atom is -0.497 e. The molecule has 1 aromatic heterocycles. The molecule has 0 atom stereocenters. The maximum absolute atomic E-state index is 12.3. The van der Waals surface area contributed by atoms with E-state index in [-0.39, 0.29) is 5.56 Å². The predicted molar refractivity (Wildman–Crippen MR) is 83.7 cm³/mol. The first kappa shape index (κ1) is 13.3. The topological polar surface area (TPSA) is 62.2 Å². The van der Waals surface area contributed by atoms with Crippen LogP contribution in [0.4, 0.5) is 5.69 Å². The molecule has 0 saturated heterocycles. The second-order valence-electron chi connectivity index (χ2n) is 4.98. The van der Waals surface area contributed by atoms with Gasteiger partial charge in [-0.05, 0) is 29.8 Å². The van der Waals surface area contributed by atoms with Crippen LogP contribution in [-0.4, -0.2) is 16.5 Å². The van der Waals surface area contributed by atoms with Crippen molar-refractivity contribution in [2.75, 3.05) is 12.8 Å². The molecule has 3 aromatic rings. The molecule has 21 heavy (non-hydrogen) atoms. The van der Waals surface area contributed by atoms with Crippen molar-refractivity contribution in [1.29, 1.82) is 0 Å². The van der Waals surface area contributed by atoms with Crippen molar-refractivity contribution in [2.45, 2.75) is 6.54 Å². The SMILES string of the molecule is COc1ccc(Cn2c3cccc(N)c3c(=O)n2C)cc1. The number of fused-ring (bicyclic) bond motifs is 1. The minimum absolute atomic E-state index is 0.0726. The summed E-state index contributed by atoms with van der Waals surface area (Å²) in [5, 5.41) is 0.577. The smallest absolute Gasteiger partial charge is 0.276 e. The van der Waals surface area contributed by atoms with Gasteiger partial charge in [0, 0.05) is 12.7 Å². The van der Waals surface area contributed by atoms with E-state index in [0.29, 0.717) is 17.6 Å². The van der Waals surface area contributed by atoms with Crippen molar-refractivity contribution >= 4 is 16.6 Å². The van der Waals surface area contributed by atoms with E-state index in [1.807, 2.05) is 41.1 Å². The highest BCUT2D eigenvalue weighted by Crippen LogP contribution is 2.19. The van der Waals surface area contributed by atoms with Gasteiger partial charge >= 0.3 is 0 Å². The summed E-state index contributed by atoms with van der Waals surface area (Å²) in [5.41, 5.74) is 8.30. The number of nitrogen functional groups attached to an aromatic ring is 1. The van der Waals surface area contributed by atoms with Crippen molar-refractivity contribution in [2.24, 2.45) is 7.05 Å². The normalized spacial score (nSPS) is 11.0. The van der Waals surface area contributed by atoms with Gasteiger partial charge in [0.05, 0.1) is 24.6 Å². The lowest BCUT2D eigenvalue weighted by atomic mass is 10.2. The molecule has 0 aliphatic heterocycles. The first-order chi connectivity index (χ1) is 10.1. The highest BCUT2D eigenvalue weighted by Gasteiger charge is 2.12. The van der Waals surface area contributed by atoms with Crippen molar-refractivity contribution in [3.8, 4) is 5.75 Å². The fourth-order valence-corrected chi connectivity index (χ4v) is 2.53. The average molecular weight is 283 g/mol. The third kappa shape index (κ3) is 2.16. The number of anilines is 1. The van der Waals surface area contributed by atoms with Gasteiger partial charge in [0.15, 0.2) is 0 Å². The van der Waals surface area contributed by atoms with E-state index in [9.17, 15) is 4.79 Å². The van der Waals surface area contributed by atoms with E-state index in [4.69, 9.17) is 10.5 Å². The molecule has 5 nitrogen and oxygen atoms in total. The Kier molecular flexibility index (Phi) is 3.17. The largest absolute Gasteiger partial charge is 0.497 e. The van der Waals surface area contributed by atoms with E-state index in [2.05, 4.69) is 0 Å². The summed E-state index contributed by atoms with van der Waals surface area (Å²) < 4.78 is 8.68. The van der Waals surface area contributed by atoms with E-state index in [1.165, 1.54) is 0 Å². The summed E-state index contributed by atoms with van der Waals surface area (Å²) in [5.74, 6) is 0.814. The number of nitrogens with zero attached hydrogens (tertiary/aromatic N) is 2. The highest BCUT2D eigenvalue weighted by atomic mass is 16.5. The van der Waals surface area contributed by atoms with Crippen molar-refractivity contribution in [3.63, 3.8) is 0 Å². The lowest BCUT2D eigenvalue weighted by molar-refractivity contribution is 0.414. The number of nitrogens with two attached hydrogens (primary N) is 1. The van der Waals surface area contributed by atoms with Crippen LogP contribution in [0.25, 0.3) is 10.9 Å². The molecule has 2 aromatic carbocycles. The number of aromatic nitrogens is 2. The molecule has 0 unspecified atom stereocenters. The van der Waals surface area contributed by atoms with Crippen LogP contribution in [0, 0.1) is 0 Å². The van der Waals surface area contributed by atoms with Crippen molar-refractivity contribution in [3.05, 3.63) is 58.4 Å². The predicted octanol–water partition coefficient (Wildman–Crippen LogP) is 1.98. The van der Waals surface area contributed by atoms with Gasteiger partial charge in [-0.3, -0.25) is 14.2 Å². The second kappa shape index (κ2) is 5.01. The Bertz CT molecular complexity index is 844. The second-order valence-corrected chi connectivity index (χ2v) is 4.98. The van der Waals surface area contributed by atoms with Gasteiger partial charge in [-0.1, -0.05) is 18.2 Å². The standard InChI is InChI=1S/C16H17N3O2/c1-18-16(20)15-13(17)4-3-5-14(15)19(18)10-11-6-8-12(21-2)9-7-11/h3-9H,10,17H2,1-2H3. The minimum atomic E-state index is -0.0726. The van der Waals surface area contributed by atoms with Crippen LogP contribution in [-0.2, 0) is 13.6 Å². The van der Waals surface area contributed by atoms with Gasteiger partial charge in [0.2, 0.25) is 0 Å². The molecular weight excluding hydrogens is 266 g/mol. The molecule has 0 fully saturated rings. The number of hydrogen-bond acceptors (Lipinski definition) is 3. The maximum Gasteiger partial charge on any atom is 0.276 e. The zero-order chi connectivity index (χ0) is 15.0. The fraction of sp³-hybridized carbons (Fsp3) is 0.188. The molecule has 0 bridgehead atoms. The van der Waals surface area contributed by atoms with Gasteiger partial charge in [0.1, 0.15) is 5.75 Å². The molecule has 5 heteroatoms. The van der Waals surface area contributed by atoms with Crippen LogP contribution in [0.15, 0.2) is 47.3 Å². The van der Waals surface area contributed by atoms with E-state index >= 15 is 0 Å². The molecule has 0 aliphatic rings. The molecule has 2 N–H and O–H groups in total. The van der Waals surface area contributed by atoms with Crippen LogP contribution in [0.1, 0.15) is 5.56 Å². The molecule has 0 radical (unpaired) electrons. The summed E-state index contributed by atoms with van der Waals surface area (Å²) in [6, 6.07) is 13.3. The Morgan fingerprint density at radius 2 is 1.86 bits per heavy atom. The molecular formula is C16H17N3O2. The Labute approximate surface area is 122 Å². The van der Waals surface area contributed by atoms with E-state index in [1.54, 1.807) is 24.9 Å². The summed E-state index contributed by atoms with van der Waals surface area (Å²) in [6.07, 6.45) is 0. The quantitative estimate of drug-likeness (QED) is 0.748. The van der Waals surface area contributed by atoms with E-state index < -0.39 is 0 Å². The molecule has 0 spiro atoms. The van der Waals surface area contributed by atoms with Crippen LogP contribution >= 0.6 is 0 Å². The lowest BCUT2D eigenvalue weighted by Crippen LogP contribution is -2.19. The lowest BCUT2D eigenvalue weighted by Gasteiger charge is -2.10. The number of hydrogen-bond donors (Lipinski definition) is 1. The molecule has 0 amide bonds. The molecule has 108 valence electrons. The van der Waals surface area contributed by atoms with Gasteiger partial charge in [-0.25, -0.2) is 0 Å². The third-order valence-electron chi connectivity index (χ3n) is 3.71. The van der Waals surface area contributed by atoms with Crippen LogP contribution < -0.4 is 16.0 Å². The van der Waals surface area contributed by atoms with Crippen molar-refractivity contribution < 1.29 is 4.74 Å². The van der Waals surface area contributed by atoms with Gasteiger partial charge in [-0.2, -0.15) is 0 Å². The first-order valence-electron chi connectivity index (χ1n) is 6.68. The summed E-state index contributed by atoms with van der Waals surface area (Å²) in [6.45, 7) is 0.600. The Morgan fingerprint density at radius 3 is 2.52 bits per heavy atom. The summed E-state index contributed by atoms with van der Waals surface area (Å²) in [7, 11) is 3.40. The monoisotopic (exact) mass is 283 g/mol. The zero-order valence-corrected chi connectivity index (χ0v) is 12.0. The number of methoxy groups -OCH3 is 1. The third-order valence-corrected chi connectivity index (χ3v) is 3.71. The summed E-state index contributed by atoms with van der Waals surface area (Å²) in [4.78, 5) is 12.3.